The largest absolute Gasteiger partial charge is 0.484 e. The van der Waals surface area contributed by atoms with Crippen molar-refractivity contribution in [1.29, 1.82) is 0 Å². The first-order chi connectivity index (χ1) is 15.6. The molecule has 0 spiro atoms. The third-order valence-corrected chi connectivity index (χ3v) is 6.11. The Bertz CT molecular complexity index is 933. The molecule has 7 heteroatoms. The maximum Gasteiger partial charge on any atom is 0.313 e. The normalized spacial score (nSPS) is 26.8. The summed E-state index contributed by atoms with van der Waals surface area (Å²) in [5.41, 5.74) is -0.290. The minimum absolute atomic E-state index is 0.324. The fraction of sp³-hybridized carbons (Fsp3) is 0.538. The van der Waals surface area contributed by atoms with Crippen molar-refractivity contribution >= 4 is 5.97 Å². The van der Waals surface area contributed by atoms with Crippen molar-refractivity contribution in [2.24, 2.45) is 11.3 Å². The highest BCUT2D eigenvalue weighted by Crippen LogP contribution is 2.42. The number of nitrogens with zero attached hydrogens (tertiary/aromatic N) is 1. The van der Waals surface area contributed by atoms with Gasteiger partial charge in [0.15, 0.2) is 0 Å². The van der Waals surface area contributed by atoms with E-state index in [4.69, 9.17) is 18.9 Å². The van der Waals surface area contributed by atoms with Crippen molar-refractivity contribution in [2.45, 2.75) is 65.1 Å². The molecule has 1 aromatic heterocycles. The highest BCUT2D eigenvalue weighted by atomic mass is 16.6. The lowest BCUT2D eigenvalue weighted by molar-refractivity contribution is -0.177. The molecule has 1 saturated heterocycles. The molecule has 0 radical (unpaired) electrons. The minimum atomic E-state index is -0.712. The molecule has 0 saturated carbocycles. The van der Waals surface area contributed by atoms with Crippen LogP contribution in [-0.2, 0) is 20.7 Å². The second-order valence-electron chi connectivity index (χ2n) is 10.3. The van der Waals surface area contributed by atoms with Gasteiger partial charge in [-0.2, -0.15) is 0 Å². The number of aromatic nitrogens is 1. The zero-order valence-corrected chi connectivity index (χ0v) is 20.0. The van der Waals surface area contributed by atoms with E-state index < -0.39 is 29.1 Å². The number of hydrogen-bond acceptors (Lipinski definition) is 7. The van der Waals surface area contributed by atoms with Gasteiger partial charge in [0.2, 0.25) is 5.88 Å². The average molecular weight is 455 g/mol. The number of hydrogen-bond donors (Lipinski definition) is 1. The van der Waals surface area contributed by atoms with Gasteiger partial charge >= 0.3 is 5.97 Å². The van der Waals surface area contributed by atoms with Gasteiger partial charge in [-0.3, -0.25) is 10.1 Å². The number of carbonyl (C=O) groups excluding carboxylic acids is 1. The van der Waals surface area contributed by atoms with E-state index in [-0.39, 0.29) is 12.2 Å². The Labute approximate surface area is 195 Å². The number of rotatable bonds is 4. The van der Waals surface area contributed by atoms with E-state index in [0.717, 1.165) is 12.1 Å². The molecule has 7 nitrogen and oxygen atoms in total. The lowest BCUT2D eigenvalue weighted by Crippen LogP contribution is -2.58. The summed E-state index contributed by atoms with van der Waals surface area (Å²) < 4.78 is 24.8. The van der Waals surface area contributed by atoms with Crippen molar-refractivity contribution in [1.82, 2.24) is 10.3 Å². The molecule has 4 atom stereocenters. The molecule has 178 valence electrons. The van der Waals surface area contributed by atoms with Crippen molar-refractivity contribution in [2.75, 3.05) is 13.2 Å². The molecule has 3 aliphatic rings. The number of benzene rings is 1. The lowest BCUT2D eigenvalue weighted by Gasteiger charge is -2.45. The predicted octanol–water partition coefficient (Wildman–Crippen LogP) is 3.76. The van der Waals surface area contributed by atoms with E-state index in [1.807, 2.05) is 71.0 Å². The fourth-order valence-electron chi connectivity index (χ4n) is 4.60. The van der Waals surface area contributed by atoms with E-state index in [2.05, 4.69) is 10.3 Å². The molecule has 1 N–H and O–H groups in total. The van der Waals surface area contributed by atoms with Crippen LogP contribution in [0.25, 0.3) is 0 Å². The number of nitrogens with one attached hydrogen (secondary N) is 1. The lowest BCUT2D eigenvalue weighted by atomic mass is 9.69. The quantitative estimate of drug-likeness (QED) is 0.705. The van der Waals surface area contributed by atoms with Gasteiger partial charge in [-0.15, -0.1) is 0 Å². The van der Waals surface area contributed by atoms with Gasteiger partial charge in [0, 0.05) is 24.4 Å². The second kappa shape index (κ2) is 9.31. The van der Waals surface area contributed by atoms with Gasteiger partial charge in [0.1, 0.15) is 35.7 Å². The summed E-state index contributed by atoms with van der Waals surface area (Å²) in [5, 5.41) is 3.37. The van der Waals surface area contributed by atoms with Gasteiger partial charge in [0.05, 0.1) is 12.8 Å². The molecule has 3 aliphatic heterocycles. The summed E-state index contributed by atoms with van der Waals surface area (Å²) in [6, 6.07) is 13.6. The Balaban J connectivity index is 1.81. The van der Waals surface area contributed by atoms with Gasteiger partial charge in [-0.1, -0.05) is 44.2 Å². The van der Waals surface area contributed by atoms with Crippen LogP contribution in [0.15, 0.2) is 48.7 Å². The zero-order chi connectivity index (χ0) is 23.6. The van der Waals surface area contributed by atoms with Crippen molar-refractivity contribution < 1.29 is 23.7 Å². The third-order valence-electron chi connectivity index (χ3n) is 6.11. The first-order valence-corrected chi connectivity index (χ1v) is 11.5. The van der Waals surface area contributed by atoms with E-state index in [1.165, 1.54) is 0 Å². The van der Waals surface area contributed by atoms with Crippen molar-refractivity contribution in [3.05, 3.63) is 54.2 Å². The fourth-order valence-corrected chi connectivity index (χ4v) is 4.60. The average Bonchev–Trinajstić information content (AvgIpc) is 3.26. The van der Waals surface area contributed by atoms with Gasteiger partial charge in [-0.25, -0.2) is 4.98 Å². The summed E-state index contributed by atoms with van der Waals surface area (Å²) in [7, 11) is 0. The molecule has 0 amide bonds. The Morgan fingerprint density at radius 1 is 1.15 bits per heavy atom. The van der Waals surface area contributed by atoms with Crippen LogP contribution in [0.4, 0.5) is 0 Å². The van der Waals surface area contributed by atoms with Crippen LogP contribution < -0.4 is 14.8 Å². The maximum atomic E-state index is 13.8. The Kier molecular flexibility index (Phi) is 6.64. The van der Waals surface area contributed by atoms with E-state index >= 15 is 0 Å². The summed E-state index contributed by atoms with van der Waals surface area (Å²) in [6.45, 7) is 11.0. The number of fused-ring (bicyclic) bond motifs is 7. The Morgan fingerprint density at radius 2 is 1.91 bits per heavy atom. The molecule has 1 aromatic carbocycles. The van der Waals surface area contributed by atoms with Gasteiger partial charge < -0.3 is 18.9 Å². The van der Waals surface area contributed by atoms with E-state index in [1.54, 1.807) is 12.3 Å². The van der Waals surface area contributed by atoms with Crippen LogP contribution in [0.1, 0.15) is 40.2 Å². The first kappa shape index (κ1) is 23.5. The maximum absolute atomic E-state index is 13.8. The van der Waals surface area contributed by atoms with Crippen molar-refractivity contribution in [3.63, 3.8) is 0 Å². The topological polar surface area (TPSA) is 78.9 Å². The summed E-state index contributed by atoms with van der Waals surface area (Å²) in [5.74, 6) is 0.0718. The van der Waals surface area contributed by atoms with Crippen LogP contribution in [-0.4, -0.2) is 48.1 Å². The van der Waals surface area contributed by atoms with Crippen LogP contribution in [0.3, 0.4) is 0 Å². The number of carbonyl (C=O) groups is 1. The summed E-state index contributed by atoms with van der Waals surface area (Å²) in [4.78, 5) is 18.2. The second-order valence-corrected chi connectivity index (χ2v) is 10.3. The Morgan fingerprint density at radius 3 is 2.52 bits per heavy atom. The van der Waals surface area contributed by atoms with Crippen LogP contribution in [0, 0.1) is 11.3 Å². The molecule has 0 aliphatic carbocycles. The van der Waals surface area contributed by atoms with Gasteiger partial charge in [-0.05, 0) is 32.4 Å². The molecule has 3 unspecified atom stereocenters. The summed E-state index contributed by atoms with van der Waals surface area (Å²) >= 11 is 0. The third kappa shape index (κ3) is 5.47. The van der Waals surface area contributed by atoms with Crippen LogP contribution in [0.5, 0.6) is 11.6 Å². The minimum Gasteiger partial charge on any atom is -0.484 e. The summed E-state index contributed by atoms with van der Waals surface area (Å²) in [6.07, 6.45) is 0.789. The standard InChI is InChI=1S/C26H34N2O5/c1-25(2,3)33-24(29)21-19(15-17-9-7-6-8-10-17)32-20-12-11-18(16-28-20)31-22(26(21,4)5)23-27-13-14-30-23/h6-12,16,19,21-23,27H,13-15H2,1-5H3/t19-,21?,22?,23?/m0/s1. The predicted molar refractivity (Wildman–Crippen MR) is 124 cm³/mol. The Hall–Kier alpha value is -2.64. The molecule has 33 heavy (non-hydrogen) atoms. The number of ether oxygens (including phenoxy) is 4. The molecule has 2 bridgehead atoms. The first-order valence-electron chi connectivity index (χ1n) is 11.5. The van der Waals surface area contributed by atoms with E-state index in [9.17, 15) is 4.79 Å². The smallest absolute Gasteiger partial charge is 0.313 e. The molecular formula is C26H34N2O5. The van der Waals surface area contributed by atoms with Gasteiger partial charge in [0.25, 0.3) is 0 Å². The SMILES string of the molecule is CC(C)(C)OC(=O)C1[C@H](Cc2ccccc2)Oc2ccc(cn2)OC(C2NCCO2)C1(C)C. The number of esters is 1. The molecule has 5 rings (SSSR count). The van der Waals surface area contributed by atoms with Crippen molar-refractivity contribution in [3.8, 4) is 11.6 Å². The highest BCUT2D eigenvalue weighted by molar-refractivity contribution is 5.75. The zero-order valence-electron chi connectivity index (χ0n) is 20.0. The van der Waals surface area contributed by atoms with E-state index in [0.29, 0.717) is 24.7 Å². The van der Waals surface area contributed by atoms with Crippen LogP contribution in [0.2, 0.25) is 0 Å². The molecule has 4 heterocycles. The molecular weight excluding hydrogens is 420 g/mol. The molecule has 2 aromatic rings. The highest BCUT2D eigenvalue weighted by Gasteiger charge is 2.53. The molecule has 1 fully saturated rings. The van der Waals surface area contributed by atoms with Crippen LogP contribution >= 0.6 is 0 Å². The number of pyridine rings is 1. The monoisotopic (exact) mass is 454 g/mol.